The fourth-order valence-electron chi connectivity index (χ4n) is 3.59. The molecule has 1 aliphatic rings. The van der Waals surface area contributed by atoms with Gasteiger partial charge in [-0.3, -0.25) is 4.79 Å². The van der Waals surface area contributed by atoms with Crippen molar-refractivity contribution in [3.8, 4) is 0 Å². The standard InChI is InChI=1S/C20H19F4N7O3S/c21-13-9-12(35(25,33)34)5-6-14(13)27-19-26-10-11-8-15-17(20(22,23)24)30-29-16(32)4-2-1-3-7-31(15)18(11)28-19/h5-6,8-10H,1-4,7H2,(H,29,32)(H2,25,33,34)(H,26,27,28). The van der Waals surface area contributed by atoms with Crippen LogP contribution in [0, 0.1) is 5.82 Å². The first kappa shape index (κ1) is 24.5. The quantitative estimate of drug-likeness (QED) is 0.460. The number of halogens is 4. The molecule has 0 saturated carbocycles. The molecule has 4 rings (SSSR count). The van der Waals surface area contributed by atoms with Crippen LogP contribution in [0.1, 0.15) is 31.4 Å². The molecule has 0 aliphatic carbocycles. The minimum Gasteiger partial charge on any atom is -0.324 e. The summed E-state index contributed by atoms with van der Waals surface area (Å²) in [6.07, 6.45) is -2.00. The molecule has 4 N–H and O–H groups in total. The predicted octanol–water partition coefficient (Wildman–Crippen LogP) is 2.92. The van der Waals surface area contributed by atoms with Gasteiger partial charge in [-0.15, -0.1) is 0 Å². The molecular formula is C20H19F4N7O3S. The number of benzene rings is 1. The van der Waals surface area contributed by atoms with Crippen LogP contribution in [0.2, 0.25) is 0 Å². The van der Waals surface area contributed by atoms with E-state index in [4.69, 9.17) is 5.14 Å². The van der Waals surface area contributed by atoms with E-state index in [1.54, 1.807) is 0 Å². The Kier molecular flexibility index (Phi) is 6.46. The Labute approximate surface area is 196 Å². The normalized spacial score (nSPS) is 15.7. The Morgan fingerprint density at radius 1 is 1.14 bits per heavy atom. The number of nitrogens with two attached hydrogens (primary N) is 1. The summed E-state index contributed by atoms with van der Waals surface area (Å²) in [5, 5.41) is 11.2. The zero-order valence-electron chi connectivity index (χ0n) is 17.9. The molecule has 0 fully saturated rings. The number of anilines is 2. The fourth-order valence-corrected chi connectivity index (χ4v) is 4.11. The lowest BCUT2D eigenvalue weighted by molar-refractivity contribution is -0.121. The van der Waals surface area contributed by atoms with E-state index >= 15 is 0 Å². The topological polar surface area (TPSA) is 144 Å². The first-order valence-electron chi connectivity index (χ1n) is 10.3. The zero-order valence-corrected chi connectivity index (χ0v) is 18.7. The number of carbonyl (C=O) groups excluding carboxylic acids is 1. The zero-order chi connectivity index (χ0) is 25.4. The molecule has 3 aromatic rings. The van der Waals surface area contributed by atoms with Crippen molar-refractivity contribution in [3.05, 3.63) is 42.0 Å². The third kappa shape index (κ3) is 5.40. The number of hydrazone groups is 1. The molecular weight excluding hydrogens is 494 g/mol. The van der Waals surface area contributed by atoms with Crippen LogP contribution < -0.4 is 15.9 Å². The van der Waals surface area contributed by atoms with E-state index in [1.165, 1.54) is 16.8 Å². The maximum atomic E-state index is 14.4. The van der Waals surface area contributed by atoms with Crippen LogP contribution in [-0.2, 0) is 21.4 Å². The van der Waals surface area contributed by atoms with Gasteiger partial charge in [0, 0.05) is 24.5 Å². The number of rotatable bonds is 3. The van der Waals surface area contributed by atoms with Gasteiger partial charge in [0.15, 0.2) is 5.71 Å². The van der Waals surface area contributed by atoms with Gasteiger partial charge >= 0.3 is 6.18 Å². The summed E-state index contributed by atoms with van der Waals surface area (Å²) in [5.74, 6) is -1.69. The van der Waals surface area contributed by atoms with Crippen LogP contribution in [0.3, 0.4) is 0 Å². The molecule has 0 bridgehead atoms. The summed E-state index contributed by atoms with van der Waals surface area (Å²) in [4.78, 5) is 19.6. The summed E-state index contributed by atoms with van der Waals surface area (Å²) < 4.78 is 80.0. The lowest BCUT2D eigenvalue weighted by Gasteiger charge is -2.14. The molecule has 0 unspecified atom stereocenters. The van der Waals surface area contributed by atoms with Gasteiger partial charge in [-0.05, 0) is 37.1 Å². The number of hydrogen-bond donors (Lipinski definition) is 3. The Balaban J connectivity index is 1.77. The predicted molar refractivity (Wildman–Crippen MR) is 118 cm³/mol. The molecule has 2 aromatic heterocycles. The van der Waals surface area contributed by atoms with Gasteiger partial charge < -0.3 is 9.88 Å². The largest absolute Gasteiger partial charge is 0.437 e. The molecule has 10 nitrogen and oxygen atoms in total. The second-order valence-electron chi connectivity index (χ2n) is 7.77. The molecule has 0 spiro atoms. The van der Waals surface area contributed by atoms with Crippen molar-refractivity contribution in [1.82, 2.24) is 20.0 Å². The highest BCUT2D eigenvalue weighted by atomic mass is 32.2. The Morgan fingerprint density at radius 2 is 1.91 bits per heavy atom. The van der Waals surface area contributed by atoms with Gasteiger partial charge in [-0.2, -0.15) is 23.3 Å². The number of sulfonamides is 1. The van der Waals surface area contributed by atoms with Gasteiger partial charge in [0.05, 0.1) is 16.3 Å². The van der Waals surface area contributed by atoms with Crippen molar-refractivity contribution in [1.29, 1.82) is 0 Å². The molecule has 186 valence electrons. The maximum Gasteiger partial charge on any atom is 0.437 e. The van der Waals surface area contributed by atoms with Crippen molar-refractivity contribution < 1.29 is 30.8 Å². The minimum absolute atomic E-state index is 0.0519. The van der Waals surface area contributed by atoms with Gasteiger partial charge in [0.2, 0.25) is 21.9 Å². The number of aryl methyl sites for hydroxylation is 1. The molecule has 15 heteroatoms. The van der Waals surface area contributed by atoms with E-state index in [9.17, 15) is 30.8 Å². The van der Waals surface area contributed by atoms with Crippen molar-refractivity contribution in [3.63, 3.8) is 0 Å². The van der Waals surface area contributed by atoms with E-state index in [1.807, 2.05) is 5.43 Å². The van der Waals surface area contributed by atoms with Crippen molar-refractivity contribution >= 4 is 44.3 Å². The molecule has 1 aromatic carbocycles. The van der Waals surface area contributed by atoms with Crippen LogP contribution >= 0.6 is 0 Å². The van der Waals surface area contributed by atoms with E-state index in [2.05, 4.69) is 20.4 Å². The highest BCUT2D eigenvalue weighted by Crippen LogP contribution is 2.29. The molecule has 1 aliphatic heterocycles. The summed E-state index contributed by atoms with van der Waals surface area (Å²) in [5.41, 5.74) is 0.348. The van der Waals surface area contributed by atoms with E-state index in [0.717, 1.165) is 18.2 Å². The van der Waals surface area contributed by atoms with Crippen molar-refractivity contribution in [2.75, 3.05) is 5.32 Å². The van der Waals surface area contributed by atoms with E-state index in [-0.39, 0.29) is 41.3 Å². The summed E-state index contributed by atoms with van der Waals surface area (Å²) in [7, 11) is -4.11. The second kappa shape index (κ2) is 9.22. The monoisotopic (exact) mass is 513 g/mol. The number of nitrogens with one attached hydrogen (secondary N) is 2. The van der Waals surface area contributed by atoms with Crippen LogP contribution in [0.4, 0.5) is 29.2 Å². The van der Waals surface area contributed by atoms with Crippen LogP contribution in [0.25, 0.3) is 11.0 Å². The SMILES string of the molecule is NS(=O)(=O)c1ccc(Nc2ncc3cc4n(c3n2)CCCCCC(=O)NN=C4C(F)(F)F)c(F)c1. The summed E-state index contributed by atoms with van der Waals surface area (Å²) in [6, 6.07) is 4.15. The number of carbonyl (C=O) groups is 1. The lowest BCUT2D eigenvalue weighted by atomic mass is 10.2. The number of aromatic nitrogens is 3. The van der Waals surface area contributed by atoms with Gasteiger partial charge in [0.25, 0.3) is 0 Å². The lowest BCUT2D eigenvalue weighted by Crippen LogP contribution is -2.30. The van der Waals surface area contributed by atoms with E-state index in [0.29, 0.717) is 19.3 Å². The number of alkyl halides is 3. The maximum absolute atomic E-state index is 14.4. The Hall–Kier alpha value is -3.59. The van der Waals surface area contributed by atoms with Crippen molar-refractivity contribution in [2.24, 2.45) is 10.2 Å². The van der Waals surface area contributed by atoms with Crippen molar-refractivity contribution in [2.45, 2.75) is 43.3 Å². The minimum atomic E-state index is -4.86. The third-order valence-electron chi connectivity index (χ3n) is 5.24. The van der Waals surface area contributed by atoms with Crippen LogP contribution in [0.15, 0.2) is 40.5 Å². The average molecular weight is 513 g/mol. The number of hydrogen-bond acceptors (Lipinski definition) is 7. The Bertz CT molecular complexity index is 1430. The molecule has 3 heterocycles. The smallest absolute Gasteiger partial charge is 0.324 e. The molecule has 0 atom stereocenters. The molecule has 0 radical (unpaired) electrons. The van der Waals surface area contributed by atoms with Crippen LogP contribution in [0.5, 0.6) is 0 Å². The molecule has 35 heavy (non-hydrogen) atoms. The number of fused-ring (bicyclic) bond motifs is 3. The number of amides is 1. The number of nitrogens with zero attached hydrogens (tertiary/aromatic N) is 4. The second-order valence-corrected chi connectivity index (χ2v) is 9.33. The number of primary sulfonamides is 1. The summed E-state index contributed by atoms with van der Waals surface area (Å²) >= 11 is 0. The van der Waals surface area contributed by atoms with Gasteiger partial charge in [-0.25, -0.2) is 28.4 Å². The summed E-state index contributed by atoms with van der Waals surface area (Å²) in [6.45, 7) is 0.163. The highest BCUT2D eigenvalue weighted by Gasteiger charge is 2.40. The van der Waals surface area contributed by atoms with Gasteiger partial charge in [-0.1, -0.05) is 6.42 Å². The highest BCUT2D eigenvalue weighted by molar-refractivity contribution is 7.89. The van der Waals surface area contributed by atoms with Gasteiger partial charge in [0.1, 0.15) is 11.5 Å². The van der Waals surface area contributed by atoms with E-state index < -0.39 is 38.5 Å². The molecule has 0 saturated heterocycles. The average Bonchev–Trinajstić information content (AvgIpc) is 3.09. The first-order valence-corrected chi connectivity index (χ1v) is 11.9. The fraction of sp³-hybridized carbons (Fsp3) is 0.300. The first-order chi connectivity index (χ1) is 16.4. The molecule has 1 amide bonds. The van der Waals surface area contributed by atoms with Crippen LogP contribution in [-0.4, -0.2) is 40.7 Å². The third-order valence-corrected chi connectivity index (χ3v) is 6.15. The Morgan fingerprint density at radius 3 is 2.60 bits per heavy atom.